The number of amides is 1. The van der Waals surface area contributed by atoms with Gasteiger partial charge in [0.05, 0.1) is 6.61 Å². The van der Waals surface area contributed by atoms with E-state index in [1.165, 1.54) is 0 Å². The number of halogens is 4. The Labute approximate surface area is 122 Å². The molecule has 0 saturated heterocycles. The second-order valence-corrected chi connectivity index (χ2v) is 6.09. The van der Waals surface area contributed by atoms with Gasteiger partial charge in [0, 0.05) is 11.0 Å². The average molecular weight is 361 g/mol. The average Bonchev–Trinajstić information content (AvgIpc) is 2.27. The zero-order valence-corrected chi connectivity index (χ0v) is 12.4. The monoisotopic (exact) mass is 359 g/mol. The topological polar surface area (TPSA) is 38.3 Å². The highest BCUT2D eigenvalue weighted by Crippen LogP contribution is 2.28. The Hall–Kier alpha value is -0.160. The molecule has 1 N–H and O–H groups in total. The first-order chi connectivity index (χ1) is 7.93. The van der Waals surface area contributed by atoms with Crippen molar-refractivity contribution in [3.63, 3.8) is 0 Å². The molecule has 0 spiro atoms. The van der Waals surface area contributed by atoms with E-state index in [0.717, 1.165) is 5.33 Å². The zero-order chi connectivity index (χ0) is 12.9. The molecule has 0 unspecified atom stereocenters. The summed E-state index contributed by atoms with van der Waals surface area (Å²) >= 11 is 19.5. The quantitative estimate of drug-likeness (QED) is 0.829. The van der Waals surface area contributed by atoms with E-state index in [-0.39, 0.29) is 0 Å². The third-order valence-corrected chi connectivity index (χ3v) is 2.55. The van der Waals surface area contributed by atoms with Crippen molar-refractivity contribution < 1.29 is 9.53 Å². The van der Waals surface area contributed by atoms with Crippen LogP contribution in [0.15, 0.2) is 24.3 Å². The Morgan fingerprint density at radius 2 is 1.88 bits per heavy atom. The number of carbonyl (C=O) groups is 1. The van der Waals surface area contributed by atoms with Crippen LogP contribution in [0.1, 0.15) is 0 Å². The third kappa shape index (κ3) is 5.34. The van der Waals surface area contributed by atoms with E-state index in [2.05, 4.69) is 21.2 Å². The molecule has 0 saturated carbocycles. The molecular formula is C10H9BrCl3NO2. The molecule has 7 heteroatoms. The van der Waals surface area contributed by atoms with Crippen LogP contribution in [-0.2, 0) is 4.79 Å². The lowest BCUT2D eigenvalue weighted by molar-refractivity contribution is -0.115. The summed E-state index contributed by atoms with van der Waals surface area (Å²) in [5.41, 5.74) is 0.535. The van der Waals surface area contributed by atoms with Crippen LogP contribution in [0.25, 0.3) is 0 Å². The van der Waals surface area contributed by atoms with Gasteiger partial charge >= 0.3 is 0 Å². The number of alkyl halides is 4. The molecule has 0 aromatic heterocycles. The Morgan fingerprint density at radius 3 is 2.35 bits per heavy atom. The predicted octanol–water partition coefficient (Wildman–Crippen LogP) is 3.77. The lowest BCUT2D eigenvalue weighted by atomic mass is 10.3. The highest BCUT2D eigenvalue weighted by Gasteiger charge is 2.30. The number of hydrogen-bond acceptors (Lipinski definition) is 2. The van der Waals surface area contributed by atoms with Gasteiger partial charge in [0.1, 0.15) is 5.75 Å². The minimum absolute atomic E-state index is 0.535. The van der Waals surface area contributed by atoms with Crippen LogP contribution in [-0.4, -0.2) is 21.6 Å². The molecule has 0 radical (unpaired) electrons. The van der Waals surface area contributed by atoms with Crippen molar-refractivity contribution in [2.75, 3.05) is 17.3 Å². The molecule has 3 nitrogen and oxygen atoms in total. The van der Waals surface area contributed by atoms with Crippen molar-refractivity contribution in [1.82, 2.24) is 0 Å². The second kappa shape index (κ2) is 6.69. The summed E-state index contributed by atoms with van der Waals surface area (Å²) in [4.78, 5) is 11.3. The van der Waals surface area contributed by atoms with Crippen molar-refractivity contribution in [2.24, 2.45) is 0 Å². The number of hydrogen-bond donors (Lipinski definition) is 1. The highest BCUT2D eigenvalue weighted by molar-refractivity contribution is 9.09. The fourth-order valence-electron chi connectivity index (χ4n) is 0.993. The van der Waals surface area contributed by atoms with Gasteiger partial charge in [0.2, 0.25) is 0 Å². The fraction of sp³-hybridized carbons (Fsp3) is 0.300. The predicted molar refractivity (Wildman–Crippen MR) is 74.7 cm³/mol. The third-order valence-electron chi connectivity index (χ3n) is 1.72. The summed E-state index contributed by atoms with van der Waals surface area (Å²) in [5, 5.41) is 3.21. The van der Waals surface area contributed by atoms with Gasteiger partial charge < -0.3 is 10.1 Å². The summed E-state index contributed by atoms with van der Waals surface area (Å²) in [5.74, 6) is 0.00737. The van der Waals surface area contributed by atoms with Crippen molar-refractivity contribution in [3.05, 3.63) is 24.3 Å². The number of rotatable bonds is 4. The van der Waals surface area contributed by atoms with Gasteiger partial charge in [-0.05, 0) is 24.3 Å². The van der Waals surface area contributed by atoms with Crippen LogP contribution < -0.4 is 10.1 Å². The smallest absolute Gasteiger partial charge is 0.276 e. The molecule has 1 amide bonds. The van der Waals surface area contributed by atoms with Crippen molar-refractivity contribution in [3.8, 4) is 5.75 Å². The molecule has 0 heterocycles. The van der Waals surface area contributed by atoms with Crippen LogP contribution in [0.2, 0.25) is 0 Å². The molecule has 17 heavy (non-hydrogen) atoms. The Bertz CT molecular complexity index is 378. The standard InChI is InChI=1S/C10H9BrCl3NO2/c11-5-6-17-8-3-1-7(2-4-8)15-9(16)10(12,13)14/h1-4H,5-6H2,(H,15,16). The minimum atomic E-state index is -1.97. The second-order valence-electron chi connectivity index (χ2n) is 3.01. The van der Waals surface area contributed by atoms with Gasteiger partial charge in [0.25, 0.3) is 9.70 Å². The fourth-order valence-corrected chi connectivity index (χ4v) is 1.30. The summed E-state index contributed by atoms with van der Waals surface area (Å²) in [6, 6.07) is 6.77. The Morgan fingerprint density at radius 1 is 1.29 bits per heavy atom. The first-order valence-electron chi connectivity index (χ1n) is 4.60. The molecule has 0 aliphatic heterocycles. The summed E-state index contributed by atoms with van der Waals surface area (Å²) < 4.78 is 3.38. The van der Waals surface area contributed by atoms with Crippen LogP contribution >= 0.6 is 50.7 Å². The molecule has 94 valence electrons. The summed E-state index contributed by atoms with van der Waals surface area (Å²) in [7, 11) is 0. The van der Waals surface area contributed by atoms with E-state index in [4.69, 9.17) is 39.5 Å². The van der Waals surface area contributed by atoms with Gasteiger partial charge in [-0.3, -0.25) is 4.79 Å². The molecule has 0 aliphatic carbocycles. The maximum Gasteiger partial charge on any atom is 0.276 e. The van der Waals surface area contributed by atoms with E-state index in [1.807, 2.05) is 0 Å². The van der Waals surface area contributed by atoms with E-state index in [0.29, 0.717) is 18.0 Å². The van der Waals surface area contributed by atoms with E-state index >= 15 is 0 Å². The number of benzene rings is 1. The lowest BCUT2D eigenvalue weighted by Crippen LogP contribution is -2.26. The lowest BCUT2D eigenvalue weighted by Gasteiger charge is -2.11. The van der Waals surface area contributed by atoms with Crippen molar-refractivity contribution >= 4 is 62.3 Å². The molecule has 0 bridgehead atoms. The summed E-state index contributed by atoms with van der Waals surface area (Å²) in [6.07, 6.45) is 0. The highest BCUT2D eigenvalue weighted by atomic mass is 79.9. The maximum absolute atomic E-state index is 11.3. The van der Waals surface area contributed by atoms with Crippen molar-refractivity contribution in [1.29, 1.82) is 0 Å². The van der Waals surface area contributed by atoms with Gasteiger partial charge in [-0.25, -0.2) is 0 Å². The molecule has 1 rings (SSSR count). The first-order valence-corrected chi connectivity index (χ1v) is 6.86. The first kappa shape index (κ1) is 14.9. The van der Waals surface area contributed by atoms with Gasteiger partial charge in [-0.15, -0.1) is 0 Å². The summed E-state index contributed by atoms with van der Waals surface area (Å²) in [6.45, 7) is 0.569. The molecule has 0 aliphatic rings. The van der Waals surface area contributed by atoms with Gasteiger partial charge in [0.15, 0.2) is 0 Å². The van der Waals surface area contributed by atoms with Gasteiger partial charge in [-0.1, -0.05) is 50.7 Å². The van der Waals surface area contributed by atoms with E-state index in [1.54, 1.807) is 24.3 Å². The molecule has 0 fully saturated rings. The number of ether oxygens (including phenoxy) is 1. The maximum atomic E-state index is 11.3. The Balaban J connectivity index is 2.59. The molecule has 1 aromatic rings. The molecular weight excluding hydrogens is 352 g/mol. The van der Waals surface area contributed by atoms with Crippen LogP contribution in [0.3, 0.4) is 0 Å². The molecule has 0 atom stereocenters. The molecule has 1 aromatic carbocycles. The Kier molecular flexibility index (Phi) is 5.86. The largest absolute Gasteiger partial charge is 0.493 e. The SMILES string of the molecule is O=C(Nc1ccc(OCCBr)cc1)C(Cl)(Cl)Cl. The van der Waals surface area contributed by atoms with Crippen LogP contribution in [0.5, 0.6) is 5.75 Å². The number of carbonyl (C=O) groups excluding carboxylic acids is 1. The van der Waals surface area contributed by atoms with Crippen LogP contribution in [0, 0.1) is 0 Å². The number of anilines is 1. The minimum Gasteiger partial charge on any atom is -0.493 e. The van der Waals surface area contributed by atoms with E-state index < -0.39 is 9.70 Å². The number of nitrogens with one attached hydrogen (secondary N) is 1. The normalized spacial score (nSPS) is 11.1. The van der Waals surface area contributed by atoms with Crippen molar-refractivity contribution in [2.45, 2.75) is 3.79 Å². The van der Waals surface area contributed by atoms with Crippen LogP contribution in [0.4, 0.5) is 5.69 Å². The van der Waals surface area contributed by atoms with Gasteiger partial charge in [-0.2, -0.15) is 0 Å². The zero-order valence-electron chi connectivity index (χ0n) is 8.55. The van der Waals surface area contributed by atoms with E-state index in [9.17, 15) is 4.79 Å².